The molecule has 76 valence electrons. The van der Waals surface area contributed by atoms with E-state index in [1.807, 2.05) is 0 Å². The topological polar surface area (TPSA) is 44.1 Å². The van der Waals surface area contributed by atoms with Crippen LogP contribution in [-0.4, -0.2) is 22.3 Å². The van der Waals surface area contributed by atoms with Crippen molar-refractivity contribution in [1.82, 2.24) is 9.55 Å². The Labute approximate surface area is 82.5 Å². The molecule has 0 bridgehead atoms. The van der Waals surface area contributed by atoms with E-state index in [1.165, 1.54) is 18.7 Å². The van der Waals surface area contributed by atoms with Gasteiger partial charge in [-0.3, -0.25) is 9.36 Å². The summed E-state index contributed by atoms with van der Waals surface area (Å²) in [4.78, 5) is 15.3. The first-order chi connectivity index (χ1) is 6.86. The Kier molecular flexibility index (Phi) is 2.93. The molecule has 0 saturated carbocycles. The van der Waals surface area contributed by atoms with Crippen LogP contribution in [0.3, 0.4) is 0 Å². The second-order valence-corrected chi connectivity index (χ2v) is 3.56. The second kappa shape index (κ2) is 4.37. The van der Waals surface area contributed by atoms with Gasteiger partial charge in [0.25, 0.3) is 5.56 Å². The van der Waals surface area contributed by atoms with Crippen molar-refractivity contribution >= 4 is 0 Å². The summed E-state index contributed by atoms with van der Waals surface area (Å²) < 4.78 is 7.16. The van der Waals surface area contributed by atoms with Gasteiger partial charge in [-0.2, -0.15) is 0 Å². The Bertz CT molecular complexity index is 342. The van der Waals surface area contributed by atoms with Gasteiger partial charge in [0.05, 0.1) is 19.0 Å². The zero-order valence-electron chi connectivity index (χ0n) is 8.06. The van der Waals surface area contributed by atoms with Crippen molar-refractivity contribution < 1.29 is 4.74 Å². The summed E-state index contributed by atoms with van der Waals surface area (Å²) in [5, 5.41) is 0. The van der Waals surface area contributed by atoms with Crippen molar-refractivity contribution in [2.24, 2.45) is 0 Å². The molecule has 1 fully saturated rings. The zero-order chi connectivity index (χ0) is 9.80. The van der Waals surface area contributed by atoms with Crippen molar-refractivity contribution in [2.45, 2.75) is 31.9 Å². The van der Waals surface area contributed by atoms with Gasteiger partial charge in [-0.15, -0.1) is 0 Å². The molecule has 2 heterocycles. The van der Waals surface area contributed by atoms with E-state index >= 15 is 0 Å². The highest BCUT2D eigenvalue weighted by Gasteiger charge is 2.14. The lowest BCUT2D eigenvalue weighted by molar-refractivity contribution is 0.00525. The Hall–Kier alpha value is -1.16. The van der Waals surface area contributed by atoms with Gasteiger partial charge in [-0.05, 0) is 19.3 Å². The van der Waals surface area contributed by atoms with Crippen LogP contribution < -0.4 is 5.56 Å². The molecule has 0 aliphatic carbocycles. The number of rotatable bonds is 2. The summed E-state index contributed by atoms with van der Waals surface area (Å²) in [7, 11) is 0. The molecule has 1 saturated heterocycles. The summed E-state index contributed by atoms with van der Waals surface area (Å²) in [6, 6.07) is 1.48. The number of nitrogens with zero attached hydrogens (tertiary/aromatic N) is 2. The van der Waals surface area contributed by atoms with Gasteiger partial charge in [0.2, 0.25) is 0 Å². The van der Waals surface area contributed by atoms with Crippen LogP contribution in [0.4, 0.5) is 0 Å². The number of hydrogen-bond acceptors (Lipinski definition) is 3. The lowest BCUT2D eigenvalue weighted by Gasteiger charge is -2.22. The van der Waals surface area contributed by atoms with Gasteiger partial charge in [0, 0.05) is 18.9 Å². The summed E-state index contributed by atoms with van der Waals surface area (Å²) in [6.45, 7) is 1.45. The molecular formula is C10H14N2O2. The summed E-state index contributed by atoms with van der Waals surface area (Å²) in [5.74, 6) is 0. The van der Waals surface area contributed by atoms with Crippen LogP contribution in [0.2, 0.25) is 0 Å². The number of ether oxygens (including phenoxy) is 1. The molecule has 4 heteroatoms. The van der Waals surface area contributed by atoms with E-state index in [0.717, 1.165) is 19.4 Å². The van der Waals surface area contributed by atoms with Crippen LogP contribution in [0.5, 0.6) is 0 Å². The van der Waals surface area contributed by atoms with E-state index in [9.17, 15) is 4.79 Å². The highest BCUT2D eigenvalue weighted by molar-refractivity contribution is 4.83. The third kappa shape index (κ3) is 2.20. The van der Waals surface area contributed by atoms with Gasteiger partial charge in [-0.25, -0.2) is 4.98 Å². The van der Waals surface area contributed by atoms with Crippen molar-refractivity contribution in [3.8, 4) is 0 Å². The van der Waals surface area contributed by atoms with Crippen LogP contribution >= 0.6 is 0 Å². The molecule has 4 nitrogen and oxygen atoms in total. The van der Waals surface area contributed by atoms with E-state index in [-0.39, 0.29) is 11.7 Å². The second-order valence-electron chi connectivity index (χ2n) is 3.56. The molecule has 2 rings (SSSR count). The maximum atomic E-state index is 11.4. The molecule has 0 amide bonds. The molecule has 1 aliphatic rings. The van der Waals surface area contributed by atoms with Gasteiger partial charge < -0.3 is 4.74 Å². The van der Waals surface area contributed by atoms with Crippen LogP contribution in [0.15, 0.2) is 23.4 Å². The predicted octanol–water partition coefficient (Wildman–Crippen LogP) is 0.812. The maximum absolute atomic E-state index is 11.4. The lowest BCUT2D eigenvalue weighted by Crippen LogP contribution is -2.30. The minimum Gasteiger partial charge on any atom is -0.376 e. The predicted molar refractivity (Wildman–Crippen MR) is 52.1 cm³/mol. The van der Waals surface area contributed by atoms with E-state index in [4.69, 9.17) is 4.74 Å². The fourth-order valence-corrected chi connectivity index (χ4v) is 1.69. The molecule has 0 spiro atoms. The lowest BCUT2D eigenvalue weighted by atomic mass is 10.1. The summed E-state index contributed by atoms with van der Waals surface area (Å²) >= 11 is 0. The SMILES string of the molecule is O=c1ccncn1CC1CCCCO1. The van der Waals surface area contributed by atoms with Crippen molar-refractivity contribution in [3.63, 3.8) is 0 Å². The average molecular weight is 194 g/mol. The third-order valence-corrected chi connectivity index (χ3v) is 2.47. The first-order valence-corrected chi connectivity index (χ1v) is 4.98. The third-order valence-electron chi connectivity index (χ3n) is 2.47. The smallest absolute Gasteiger partial charge is 0.253 e. The summed E-state index contributed by atoms with van der Waals surface area (Å²) in [6.07, 6.45) is 6.64. The highest BCUT2D eigenvalue weighted by Crippen LogP contribution is 2.13. The Morgan fingerprint density at radius 2 is 2.50 bits per heavy atom. The first-order valence-electron chi connectivity index (χ1n) is 4.98. The first kappa shape index (κ1) is 9.40. The Morgan fingerprint density at radius 3 is 3.21 bits per heavy atom. The molecule has 1 atom stereocenters. The fraction of sp³-hybridized carbons (Fsp3) is 0.600. The van der Waals surface area contributed by atoms with Gasteiger partial charge in [0.1, 0.15) is 0 Å². The summed E-state index contributed by atoms with van der Waals surface area (Å²) in [5.41, 5.74) is -0.00539. The fourth-order valence-electron chi connectivity index (χ4n) is 1.69. The van der Waals surface area contributed by atoms with E-state index in [1.54, 1.807) is 10.9 Å². The standard InChI is InChI=1S/C10H14N2O2/c13-10-4-5-11-8-12(10)7-9-3-1-2-6-14-9/h4-5,8-9H,1-3,6-7H2. The van der Waals surface area contributed by atoms with E-state index < -0.39 is 0 Å². The number of aromatic nitrogens is 2. The molecule has 0 aromatic carbocycles. The number of hydrogen-bond donors (Lipinski definition) is 0. The average Bonchev–Trinajstić information content (AvgIpc) is 2.23. The molecule has 1 aromatic rings. The maximum Gasteiger partial charge on any atom is 0.253 e. The van der Waals surface area contributed by atoms with Crippen LogP contribution in [0.1, 0.15) is 19.3 Å². The molecule has 14 heavy (non-hydrogen) atoms. The normalized spacial score (nSPS) is 22.1. The van der Waals surface area contributed by atoms with Crippen LogP contribution in [-0.2, 0) is 11.3 Å². The van der Waals surface area contributed by atoms with Crippen LogP contribution in [0, 0.1) is 0 Å². The quantitative estimate of drug-likeness (QED) is 0.700. The largest absolute Gasteiger partial charge is 0.376 e. The van der Waals surface area contributed by atoms with E-state index in [2.05, 4.69) is 4.98 Å². The van der Waals surface area contributed by atoms with Crippen LogP contribution in [0.25, 0.3) is 0 Å². The molecule has 1 aromatic heterocycles. The molecule has 0 N–H and O–H groups in total. The van der Waals surface area contributed by atoms with Gasteiger partial charge >= 0.3 is 0 Å². The van der Waals surface area contributed by atoms with Crippen molar-refractivity contribution in [1.29, 1.82) is 0 Å². The highest BCUT2D eigenvalue weighted by atomic mass is 16.5. The van der Waals surface area contributed by atoms with Crippen molar-refractivity contribution in [3.05, 3.63) is 28.9 Å². The van der Waals surface area contributed by atoms with Crippen molar-refractivity contribution in [2.75, 3.05) is 6.61 Å². The molecule has 1 unspecified atom stereocenters. The molecule has 0 radical (unpaired) electrons. The van der Waals surface area contributed by atoms with Gasteiger partial charge in [0.15, 0.2) is 0 Å². The monoisotopic (exact) mass is 194 g/mol. The minimum absolute atomic E-state index is 0.00539. The zero-order valence-corrected chi connectivity index (χ0v) is 8.06. The van der Waals surface area contributed by atoms with Gasteiger partial charge in [-0.1, -0.05) is 0 Å². The molecule has 1 aliphatic heterocycles. The Balaban J connectivity index is 2.03. The van der Waals surface area contributed by atoms with E-state index in [0.29, 0.717) is 6.54 Å². The molecular weight excluding hydrogens is 180 g/mol. The minimum atomic E-state index is -0.00539. The Morgan fingerprint density at radius 1 is 1.57 bits per heavy atom.